The minimum atomic E-state index is -0.540. The maximum Gasteiger partial charge on any atom is 0.214 e. The average Bonchev–Trinajstić information content (AvgIpc) is 2.29. The highest BCUT2D eigenvalue weighted by molar-refractivity contribution is 5.43. The van der Waals surface area contributed by atoms with Gasteiger partial charge >= 0.3 is 0 Å². The predicted octanol–water partition coefficient (Wildman–Crippen LogP) is 3.53. The second-order valence-corrected chi connectivity index (χ2v) is 3.79. The van der Waals surface area contributed by atoms with Crippen LogP contribution in [0.3, 0.4) is 0 Å². The second-order valence-electron chi connectivity index (χ2n) is 3.79. The van der Waals surface area contributed by atoms with Crippen LogP contribution < -0.4 is 5.32 Å². The summed E-state index contributed by atoms with van der Waals surface area (Å²) < 4.78 is 25.9. The summed E-state index contributed by atoms with van der Waals surface area (Å²) in [5.74, 6) is -0.821. The molecule has 0 fully saturated rings. The Morgan fingerprint density at radius 3 is 2.71 bits per heavy atom. The van der Waals surface area contributed by atoms with Crippen molar-refractivity contribution < 1.29 is 8.78 Å². The van der Waals surface area contributed by atoms with Gasteiger partial charge in [0.2, 0.25) is 5.95 Å². The molecule has 1 N–H and O–H groups in total. The number of hydrogen-bond acceptors (Lipinski definition) is 2. The lowest BCUT2D eigenvalue weighted by Gasteiger charge is -2.15. The largest absolute Gasteiger partial charge is 0.378 e. The number of benzene rings is 1. The van der Waals surface area contributed by atoms with Gasteiger partial charge in [0.1, 0.15) is 5.82 Å². The SMILES string of the molecule is CC(Nc1ccnc(F)c1)c1cccc(F)c1. The minimum absolute atomic E-state index is 0.104. The van der Waals surface area contributed by atoms with Crippen molar-refractivity contribution in [1.82, 2.24) is 4.98 Å². The van der Waals surface area contributed by atoms with Crippen LogP contribution in [0.5, 0.6) is 0 Å². The van der Waals surface area contributed by atoms with Gasteiger partial charge in [0.25, 0.3) is 0 Å². The molecule has 0 saturated heterocycles. The van der Waals surface area contributed by atoms with E-state index in [1.54, 1.807) is 12.1 Å². The lowest BCUT2D eigenvalue weighted by Crippen LogP contribution is -2.07. The van der Waals surface area contributed by atoms with Gasteiger partial charge in [-0.05, 0) is 30.7 Å². The molecule has 0 aliphatic carbocycles. The molecule has 1 atom stereocenters. The van der Waals surface area contributed by atoms with Crippen molar-refractivity contribution >= 4 is 5.69 Å². The molecule has 2 nitrogen and oxygen atoms in total. The number of halogens is 2. The van der Waals surface area contributed by atoms with Gasteiger partial charge in [-0.2, -0.15) is 4.39 Å². The van der Waals surface area contributed by atoms with Crippen LogP contribution in [-0.2, 0) is 0 Å². The molecule has 0 spiro atoms. The third kappa shape index (κ3) is 3.00. The number of anilines is 1. The molecule has 4 heteroatoms. The fraction of sp³-hybridized carbons (Fsp3) is 0.154. The third-order valence-electron chi connectivity index (χ3n) is 2.46. The van der Waals surface area contributed by atoms with Gasteiger partial charge in [-0.25, -0.2) is 9.37 Å². The van der Waals surface area contributed by atoms with E-state index in [0.29, 0.717) is 5.69 Å². The van der Waals surface area contributed by atoms with Gasteiger partial charge in [0.15, 0.2) is 0 Å². The summed E-state index contributed by atoms with van der Waals surface area (Å²) in [7, 11) is 0. The Bertz CT molecular complexity index is 514. The van der Waals surface area contributed by atoms with Crippen molar-refractivity contribution in [3.8, 4) is 0 Å². The van der Waals surface area contributed by atoms with E-state index >= 15 is 0 Å². The van der Waals surface area contributed by atoms with Gasteiger partial charge in [-0.3, -0.25) is 0 Å². The zero-order valence-corrected chi connectivity index (χ0v) is 9.32. The highest BCUT2D eigenvalue weighted by Crippen LogP contribution is 2.19. The van der Waals surface area contributed by atoms with Crippen LogP contribution in [-0.4, -0.2) is 4.98 Å². The Labute approximate surface area is 98.3 Å². The van der Waals surface area contributed by atoms with Gasteiger partial charge in [-0.1, -0.05) is 12.1 Å². The van der Waals surface area contributed by atoms with E-state index < -0.39 is 5.95 Å². The number of aromatic nitrogens is 1. The van der Waals surface area contributed by atoms with Crippen LogP contribution in [0.25, 0.3) is 0 Å². The molecule has 17 heavy (non-hydrogen) atoms. The van der Waals surface area contributed by atoms with Crippen LogP contribution in [0.4, 0.5) is 14.5 Å². The van der Waals surface area contributed by atoms with Crippen molar-refractivity contribution in [2.75, 3.05) is 5.32 Å². The molecule has 0 aliphatic rings. The molecule has 0 radical (unpaired) electrons. The van der Waals surface area contributed by atoms with Crippen LogP contribution in [0.15, 0.2) is 42.6 Å². The Morgan fingerprint density at radius 1 is 1.18 bits per heavy atom. The Morgan fingerprint density at radius 2 is 2.00 bits per heavy atom. The van der Waals surface area contributed by atoms with E-state index in [-0.39, 0.29) is 11.9 Å². The van der Waals surface area contributed by atoms with Crippen LogP contribution >= 0.6 is 0 Å². The van der Waals surface area contributed by atoms with Crippen molar-refractivity contribution in [1.29, 1.82) is 0 Å². The molecular formula is C13H12F2N2. The molecular weight excluding hydrogens is 222 g/mol. The zero-order valence-electron chi connectivity index (χ0n) is 9.32. The molecule has 2 rings (SSSR count). The van der Waals surface area contributed by atoms with Crippen molar-refractivity contribution in [2.45, 2.75) is 13.0 Å². The topological polar surface area (TPSA) is 24.9 Å². The predicted molar refractivity (Wildman–Crippen MR) is 62.6 cm³/mol. The Kier molecular flexibility index (Phi) is 3.32. The first-order chi connectivity index (χ1) is 8.15. The summed E-state index contributed by atoms with van der Waals surface area (Å²) in [5.41, 5.74) is 1.43. The third-order valence-corrected chi connectivity index (χ3v) is 2.46. The lowest BCUT2D eigenvalue weighted by atomic mass is 10.1. The molecule has 0 saturated carbocycles. The quantitative estimate of drug-likeness (QED) is 0.822. The van der Waals surface area contributed by atoms with Crippen LogP contribution in [0, 0.1) is 11.8 Å². The summed E-state index contributed by atoms with van der Waals surface area (Å²) in [6, 6.07) is 9.17. The molecule has 1 heterocycles. The van der Waals surface area contributed by atoms with E-state index in [0.717, 1.165) is 5.56 Å². The Balaban J connectivity index is 2.14. The number of hydrogen-bond donors (Lipinski definition) is 1. The fourth-order valence-corrected chi connectivity index (χ4v) is 1.60. The van der Waals surface area contributed by atoms with E-state index in [1.165, 1.54) is 24.4 Å². The van der Waals surface area contributed by atoms with Crippen molar-refractivity contribution in [3.05, 3.63) is 59.9 Å². The maximum atomic E-state index is 13.0. The molecule has 0 bridgehead atoms. The molecule has 1 unspecified atom stereocenters. The molecule has 0 aliphatic heterocycles. The smallest absolute Gasteiger partial charge is 0.214 e. The first-order valence-corrected chi connectivity index (χ1v) is 5.29. The van der Waals surface area contributed by atoms with Crippen LogP contribution in [0.2, 0.25) is 0 Å². The fourth-order valence-electron chi connectivity index (χ4n) is 1.60. The first-order valence-electron chi connectivity index (χ1n) is 5.29. The zero-order chi connectivity index (χ0) is 12.3. The molecule has 1 aromatic heterocycles. The van der Waals surface area contributed by atoms with E-state index in [9.17, 15) is 8.78 Å². The van der Waals surface area contributed by atoms with E-state index in [4.69, 9.17) is 0 Å². The normalized spacial score (nSPS) is 12.2. The first kappa shape index (κ1) is 11.5. The van der Waals surface area contributed by atoms with Gasteiger partial charge in [0.05, 0.1) is 0 Å². The highest BCUT2D eigenvalue weighted by atomic mass is 19.1. The number of nitrogens with one attached hydrogen (secondary N) is 1. The highest BCUT2D eigenvalue weighted by Gasteiger charge is 2.06. The molecule has 88 valence electrons. The van der Waals surface area contributed by atoms with E-state index in [1.807, 2.05) is 13.0 Å². The second kappa shape index (κ2) is 4.91. The maximum absolute atomic E-state index is 13.0. The number of pyridine rings is 1. The van der Waals surface area contributed by atoms with E-state index in [2.05, 4.69) is 10.3 Å². The summed E-state index contributed by atoms with van der Waals surface area (Å²) in [4.78, 5) is 3.47. The molecule has 0 amide bonds. The van der Waals surface area contributed by atoms with Crippen molar-refractivity contribution in [3.63, 3.8) is 0 Å². The minimum Gasteiger partial charge on any atom is -0.378 e. The Hall–Kier alpha value is -1.97. The number of rotatable bonds is 3. The average molecular weight is 234 g/mol. The van der Waals surface area contributed by atoms with Crippen LogP contribution in [0.1, 0.15) is 18.5 Å². The summed E-state index contributed by atoms with van der Waals surface area (Å²) >= 11 is 0. The number of nitrogens with zero attached hydrogens (tertiary/aromatic N) is 1. The molecule has 1 aromatic carbocycles. The van der Waals surface area contributed by atoms with Crippen molar-refractivity contribution in [2.24, 2.45) is 0 Å². The molecule has 2 aromatic rings. The summed E-state index contributed by atoms with van der Waals surface area (Å²) in [6.07, 6.45) is 1.38. The monoisotopic (exact) mass is 234 g/mol. The summed E-state index contributed by atoms with van der Waals surface area (Å²) in [6.45, 7) is 1.88. The van der Waals surface area contributed by atoms with Gasteiger partial charge in [-0.15, -0.1) is 0 Å². The van der Waals surface area contributed by atoms with Gasteiger partial charge < -0.3 is 5.32 Å². The van der Waals surface area contributed by atoms with Gasteiger partial charge in [0, 0.05) is 24.0 Å². The standard InChI is InChI=1S/C13H12F2N2/c1-9(10-3-2-4-11(14)7-10)17-12-5-6-16-13(15)8-12/h2-9H,1H3,(H,16,17). The lowest BCUT2D eigenvalue weighted by molar-refractivity contribution is 0.584. The summed E-state index contributed by atoms with van der Waals surface area (Å²) in [5, 5.41) is 3.08.